The van der Waals surface area contributed by atoms with E-state index in [2.05, 4.69) is 10.3 Å². The summed E-state index contributed by atoms with van der Waals surface area (Å²) in [5, 5.41) is 14.5. The highest BCUT2D eigenvalue weighted by molar-refractivity contribution is 7.09. The molecule has 9 nitrogen and oxygen atoms in total. The highest BCUT2D eigenvalue weighted by Crippen LogP contribution is 2.32. The second-order valence-electron chi connectivity index (χ2n) is 12.3. The van der Waals surface area contributed by atoms with Gasteiger partial charge in [0, 0.05) is 44.3 Å². The van der Waals surface area contributed by atoms with Crippen LogP contribution in [0, 0.1) is 17.8 Å². The molecule has 1 heterocycles. The molecule has 1 aromatic heterocycles. The first-order chi connectivity index (χ1) is 20.4. The van der Waals surface area contributed by atoms with E-state index in [1.54, 1.807) is 17.2 Å². The van der Waals surface area contributed by atoms with Gasteiger partial charge in [-0.25, -0.2) is 4.98 Å². The number of carboxylic acids is 1. The third-order valence-corrected chi connectivity index (χ3v) is 9.30. The molecule has 236 valence electrons. The first-order valence-electron chi connectivity index (χ1n) is 15.4. The standard InChI is InChI=1S/C33H47N3O6S/c1-21(2)28(36(5)30(38)18-25-14-10-7-11-15-25)19-29(42-23(4)37)32-35-27(20-43-32)31(39)34-26(16-22(3)33(40)41)17-24-12-8-6-9-13-24/h6,8-9,12-13,20-22,25-26,28-29H,7,10-11,14-19H2,1-5H3,(H,34,39)(H,40,41)/t22-,26+,28?,29+/m0/s1. The van der Waals surface area contributed by atoms with Crippen molar-refractivity contribution in [1.82, 2.24) is 15.2 Å². The van der Waals surface area contributed by atoms with Crippen molar-refractivity contribution < 1.29 is 29.0 Å². The van der Waals surface area contributed by atoms with Crippen LogP contribution in [0.3, 0.4) is 0 Å². The maximum absolute atomic E-state index is 13.3. The quantitative estimate of drug-likeness (QED) is 0.235. The average molecular weight is 614 g/mol. The van der Waals surface area contributed by atoms with Crippen LogP contribution in [0.4, 0.5) is 0 Å². The van der Waals surface area contributed by atoms with E-state index in [-0.39, 0.29) is 30.0 Å². The predicted octanol–water partition coefficient (Wildman–Crippen LogP) is 6.04. The van der Waals surface area contributed by atoms with Gasteiger partial charge in [-0.3, -0.25) is 19.2 Å². The van der Waals surface area contributed by atoms with Gasteiger partial charge in [0.15, 0.2) is 6.10 Å². The number of ether oxygens (including phenoxy) is 1. The van der Waals surface area contributed by atoms with Gasteiger partial charge in [-0.15, -0.1) is 11.3 Å². The number of hydrogen-bond donors (Lipinski definition) is 2. The molecule has 1 aliphatic carbocycles. The molecule has 0 radical (unpaired) electrons. The van der Waals surface area contributed by atoms with Gasteiger partial charge >= 0.3 is 11.9 Å². The molecule has 1 unspecified atom stereocenters. The van der Waals surface area contributed by atoms with Gasteiger partial charge < -0.3 is 20.1 Å². The zero-order valence-electron chi connectivity index (χ0n) is 26.1. The highest BCUT2D eigenvalue weighted by Gasteiger charge is 2.32. The first kappa shape index (κ1) is 34.2. The summed E-state index contributed by atoms with van der Waals surface area (Å²) in [7, 11) is 1.83. The van der Waals surface area contributed by atoms with Gasteiger partial charge in [-0.05, 0) is 43.1 Å². The fourth-order valence-corrected chi connectivity index (χ4v) is 6.72. The average Bonchev–Trinajstić information content (AvgIpc) is 3.46. The van der Waals surface area contributed by atoms with Crippen molar-refractivity contribution in [3.63, 3.8) is 0 Å². The minimum Gasteiger partial charge on any atom is -0.481 e. The van der Waals surface area contributed by atoms with Crippen LogP contribution >= 0.6 is 11.3 Å². The SMILES string of the molecule is CC(=O)O[C@H](CC(C(C)C)N(C)C(=O)CC1CCCCC1)c1nc(C(=O)N[C@@H](Cc2ccccc2)C[C@H](C)C(=O)O)cs1. The van der Waals surface area contributed by atoms with Crippen molar-refractivity contribution in [3.05, 3.63) is 52.0 Å². The minimum absolute atomic E-state index is 0.103. The molecule has 2 aromatic rings. The Hall–Kier alpha value is -3.27. The number of carboxylic acid groups (broad SMARTS) is 1. The van der Waals surface area contributed by atoms with Gasteiger partial charge in [-0.2, -0.15) is 0 Å². The number of hydrogen-bond acceptors (Lipinski definition) is 7. The van der Waals surface area contributed by atoms with Crippen molar-refractivity contribution >= 4 is 35.1 Å². The lowest BCUT2D eigenvalue weighted by Crippen LogP contribution is -2.42. The van der Waals surface area contributed by atoms with E-state index < -0.39 is 35.9 Å². The molecule has 0 spiro atoms. The van der Waals surface area contributed by atoms with E-state index in [1.807, 2.05) is 51.2 Å². The van der Waals surface area contributed by atoms with E-state index in [1.165, 1.54) is 37.5 Å². The van der Waals surface area contributed by atoms with Crippen LogP contribution in [0.5, 0.6) is 0 Å². The first-order valence-corrected chi connectivity index (χ1v) is 16.3. The Morgan fingerprint density at radius 2 is 1.74 bits per heavy atom. The van der Waals surface area contributed by atoms with E-state index in [0.717, 1.165) is 18.4 Å². The Kier molecular flexibility index (Phi) is 13.2. The topological polar surface area (TPSA) is 126 Å². The fraction of sp³-hybridized carbons (Fsp3) is 0.606. The van der Waals surface area contributed by atoms with Gasteiger partial charge in [0.2, 0.25) is 5.91 Å². The van der Waals surface area contributed by atoms with Crippen LogP contribution in [0.15, 0.2) is 35.7 Å². The monoisotopic (exact) mass is 613 g/mol. The molecule has 0 saturated heterocycles. The zero-order valence-corrected chi connectivity index (χ0v) is 26.9. The molecule has 4 atom stereocenters. The van der Waals surface area contributed by atoms with Crippen molar-refractivity contribution in [3.8, 4) is 0 Å². The van der Waals surface area contributed by atoms with Crippen LogP contribution in [0.25, 0.3) is 0 Å². The van der Waals surface area contributed by atoms with E-state index in [0.29, 0.717) is 30.2 Å². The number of rotatable bonds is 15. The number of thiazole rings is 1. The van der Waals surface area contributed by atoms with Crippen LogP contribution < -0.4 is 5.32 Å². The molecule has 3 rings (SSSR count). The van der Waals surface area contributed by atoms with Crippen LogP contribution in [-0.4, -0.2) is 57.9 Å². The predicted molar refractivity (Wildman–Crippen MR) is 167 cm³/mol. The second kappa shape index (κ2) is 16.5. The Morgan fingerprint density at radius 1 is 1.07 bits per heavy atom. The van der Waals surface area contributed by atoms with Crippen molar-refractivity contribution in [2.45, 2.75) is 104 Å². The van der Waals surface area contributed by atoms with Crippen molar-refractivity contribution in [2.24, 2.45) is 17.8 Å². The lowest BCUT2D eigenvalue weighted by molar-refractivity contribution is -0.148. The molecule has 1 saturated carbocycles. The molecular formula is C33H47N3O6S. The number of carbonyl (C=O) groups is 4. The Bertz CT molecular complexity index is 1210. The lowest BCUT2D eigenvalue weighted by atomic mass is 9.86. The summed E-state index contributed by atoms with van der Waals surface area (Å²) in [5.74, 6) is -1.81. The summed E-state index contributed by atoms with van der Waals surface area (Å²) in [6.07, 6.45) is 6.70. The highest BCUT2D eigenvalue weighted by atomic mass is 32.1. The summed E-state index contributed by atoms with van der Waals surface area (Å²) in [5.41, 5.74) is 1.17. The Morgan fingerprint density at radius 3 is 2.35 bits per heavy atom. The Balaban J connectivity index is 1.74. The summed E-state index contributed by atoms with van der Waals surface area (Å²) < 4.78 is 5.70. The maximum Gasteiger partial charge on any atom is 0.306 e. The van der Waals surface area contributed by atoms with E-state index in [9.17, 15) is 24.3 Å². The van der Waals surface area contributed by atoms with Gasteiger partial charge in [0.25, 0.3) is 5.91 Å². The minimum atomic E-state index is -0.922. The molecule has 43 heavy (non-hydrogen) atoms. The van der Waals surface area contributed by atoms with Gasteiger partial charge in [-0.1, -0.05) is 70.4 Å². The third-order valence-electron chi connectivity index (χ3n) is 8.36. The molecule has 1 aromatic carbocycles. The summed E-state index contributed by atoms with van der Waals surface area (Å²) in [6.45, 7) is 7.06. The van der Waals surface area contributed by atoms with Gasteiger partial charge in [0.05, 0.1) is 5.92 Å². The van der Waals surface area contributed by atoms with E-state index >= 15 is 0 Å². The van der Waals surface area contributed by atoms with Crippen LogP contribution in [-0.2, 0) is 25.5 Å². The number of amides is 2. The number of benzene rings is 1. The summed E-state index contributed by atoms with van der Waals surface area (Å²) in [4.78, 5) is 56.6. The fourth-order valence-electron chi connectivity index (χ4n) is 5.88. The third kappa shape index (κ3) is 10.7. The number of aromatic nitrogens is 1. The summed E-state index contributed by atoms with van der Waals surface area (Å²) >= 11 is 1.23. The number of nitrogens with zero attached hydrogens (tertiary/aromatic N) is 2. The number of nitrogens with one attached hydrogen (secondary N) is 1. The molecule has 10 heteroatoms. The lowest BCUT2D eigenvalue weighted by Gasteiger charge is -2.34. The normalized spacial score (nSPS) is 16.6. The van der Waals surface area contributed by atoms with Crippen molar-refractivity contribution in [2.75, 3.05) is 7.05 Å². The van der Waals surface area contributed by atoms with Crippen LogP contribution in [0.1, 0.15) is 106 Å². The maximum atomic E-state index is 13.3. The zero-order chi connectivity index (χ0) is 31.5. The number of esters is 1. The smallest absolute Gasteiger partial charge is 0.306 e. The van der Waals surface area contributed by atoms with Crippen molar-refractivity contribution in [1.29, 1.82) is 0 Å². The molecule has 2 N–H and O–H groups in total. The summed E-state index contributed by atoms with van der Waals surface area (Å²) in [6, 6.07) is 9.00. The molecule has 2 amide bonds. The largest absolute Gasteiger partial charge is 0.481 e. The second-order valence-corrected chi connectivity index (χ2v) is 13.2. The molecular weight excluding hydrogens is 566 g/mol. The molecule has 0 aliphatic heterocycles. The molecule has 0 bridgehead atoms. The van der Waals surface area contributed by atoms with E-state index in [4.69, 9.17) is 4.74 Å². The van der Waals surface area contributed by atoms with Crippen LogP contribution in [0.2, 0.25) is 0 Å². The number of carbonyl (C=O) groups excluding carboxylic acids is 3. The number of aliphatic carboxylic acids is 1. The molecule has 1 aliphatic rings. The van der Waals surface area contributed by atoms with Gasteiger partial charge in [0.1, 0.15) is 10.7 Å². The molecule has 1 fully saturated rings. The Labute approximate surface area is 259 Å².